The summed E-state index contributed by atoms with van der Waals surface area (Å²) >= 11 is 0. The summed E-state index contributed by atoms with van der Waals surface area (Å²) in [5.41, 5.74) is 9.49. The van der Waals surface area contributed by atoms with E-state index in [2.05, 4.69) is 36.1 Å². The van der Waals surface area contributed by atoms with Crippen LogP contribution in [0, 0.1) is 13.8 Å². The molecule has 1 fully saturated rings. The van der Waals surface area contributed by atoms with Crippen LogP contribution in [0.25, 0.3) is 11.5 Å². The molecule has 1 aliphatic carbocycles. The molecule has 1 aliphatic rings. The van der Waals surface area contributed by atoms with Gasteiger partial charge in [0.1, 0.15) is 0 Å². The SMILES string of the molecule is Cc1ccc(-c2nc(C3(N)CCCCC3)no2)cc1C. The largest absolute Gasteiger partial charge is 0.334 e. The Balaban J connectivity index is 1.91. The minimum atomic E-state index is -0.403. The first-order valence-electron chi connectivity index (χ1n) is 7.29. The molecule has 4 heteroatoms. The van der Waals surface area contributed by atoms with Crippen LogP contribution in [0.15, 0.2) is 22.7 Å². The third-order valence-electron chi connectivity index (χ3n) is 4.37. The van der Waals surface area contributed by atoms with Crippen molar-refractivity contribution in [3.05, 3.63) is 35.2 Å². The molecule has 4 nitrogen and oxygen atoms in total. The molecule has 1 saturated carbocycles. The molecule has 20 heavy (non-hydrogen) atoms. The van der Waals surface area contributed by atoms with Crippen LogP contribution in [-0.4, -0.2) is 10.1 Å². The van der Waals surface area contributed by atoms with Crippen LogP contribution < -0.4 is 5.73 Å². The fourth-order valence-electron chi connectivity index (χ4n) is 2.82. The molecule has 1 aromatic heterocycles. The number of rotatable bonds is 2. The van der Waals surface area contributed by atoms with Crippen molar-refractivity contribution in [2.45, 2.75) is 51.5 Å². The second-order valence-electron chi connectivity index (χ2n) is 5.94. The lowest BCUT2D eigenvalue weighted by atomic mass is 9.82. The Morgan fingerprint density at radius 2 is 1.85 bits per heavy atom. The maximum atomic E-state index is 6.44. The van der Waals surface area contributed by atoms with Gasteiger partial charge in [0.05, 0.1) is 5.54 Å². The van der Waals surface area contributed by atoms with Gasteiger partial charge in [-0.3, -0.25) is 0 Å². The van der Waals surface area contributed by atoms with E-state index in [-0.39, 0.29) is 0 Å². The molecule has 0 aliphatic heterocycles. The fraction of sp³-hybridized carbons (Fsp3) is 0.500. The summed E-state index contributed by atoms with van der Waals surface area (Å²) in [4.78, 5) is 4.54. The Labute approximate surface area is 119 Å². The van der Waals surface area contributed by atoms with Gasteiger partial charge in [-0.1, -0.05) is 30.5 Å². The van der Waals surface area contributed by atoms with Crippen LogP contribution >= 0.6 is 0 Å². The predicted octanol–water partition coefficient (Wildman–Crippen LogP) is 3.47. The molecule has 0 radical (unpaired) electrons. The Kier molecular flexibility index (Phi) is 3.34. The van der Waals surface area contributed by atoms with E-state index in [0.29, 0.717) is 11.7 Å². The first-order chi connectivity index (χ1) is 9.58. The molecule has 1 aromatic carbocycles. The number of hydrogen-bond donors (Lipinski definition) is 1. The van der Waals surface area contributed by atoms with Gasteiger partial charge in [0.2, 0.25) is 0 Å². The van der Waals surface area contributed by atoms with E-state index in [4.69, 9.17) is 10.3 Å². The van der Waals surface area contributed by atoms with E-state index in [9.17, 15) is 0 Å². The maximum Gasteiger partial charge on any atom is 0.258 e. The summed E-state index contributed by atoms with van der Waals surface area (Å²) < 4.78 is 5.42. The molecule has 2 N–H and O–H groups in total. The standard InChI is InChI=1S/C16H21N3O/c1-11-6-7-13(10-12(11)2)14-18-15(19-20-14)16(17)8-4-3-5-9-16/h6-7,10H,3-5,8-9,17H2,1-2H3. The quantitative estimate of drug-likeness (QED) is 0.908. The highest BCUT2D eigenvalue weighted by atomic mass is 16.5. The van der Waals surface area contributed by atoms with Crippen molar-refractivity contribution in [3.8, 4) is 11.5 Å². The third kappa shape index (κ3) is 2.36. The molecule has 0 amide bonds. The lowest BCUT2D eigenvalue weighted by Gasteiger charge is -2.29. The first kappa shape index (κ1) is 13.3. The maximum absolute atomic E-state index is 6.44. The van der Waals surface area contributed by atoms with Crippen LogP contribution in [0.5, 0.6) is 0 Å². The lowest BCUT2D eigenvalue weighted by molar-refractivity contribution is 0.275. The van der Waals surface area contributed by atoms with Crippen molar-refractivity contribution in [3.63, 3.8) is 0 Å². The van der Waals surface area contributed by atoms with E-state index in [1.165, 1.54) is 17.5 Å². The predicted molar refractivity (Wildman–Crippen MR) is 78.2 cm³/mol. The summed E-state index contributed by atoms with van der Waals surface area (Å²) in [6.07, 6.45) is 5.42. The van der Waals surface area contributed by atoms with E-state index in [0.717, 1.165) is 31.2 Å². The number of benzene rings is 1. The second-order valence-corrected chi connectivity index (χ2v) is 5.94. The molecular formula is C16H21N3O. The minimum Gasteiger partial charge on any atom is -0.334 e. The van der Waals surface area contributed by atoms with Gasteiger partial charge >= 0.3 is 0 Å². The van der Waals surface area contributed by atoms with Crippen molar-refractivity contribution in [1.82, 2.24) is 10.1 Å². The van der Waals surface area contributed by atoms with Gasteiger partial charge in [-0.05, 0) is 49.9 Å². The summed E-state index contributed by atoms with van der Waals surface area (Å²) in [5.74, 6) is 1.23. The van der Waals surface area contributed by atoms with Crippen LogP contribution in [0.3, 0.4) is 0 Å². The monoisotopic (exact) mass is 271 g/mol. The summed E-state index contributed by atoms with van der Waals surface area (Å²) in [6.45, 7) is 4.18. The summed E-state index contributed by atoms with van der Waals surface area (Å²) in [6, 6.07) is 6.17. The zero-order chi connectivity index (χ0) is 14.2. The zero-order valence-corrected chi connectivity index (χ0v) is 12.1. The van der Waals surface area contributed by atoms with Gasteiger partial charge in [0, 0.05) is 5.56 Å². The van der Waals surface area contributed by atoms with Crippen LogP contribution in [0.1, 0.15) is 49.1 Å². The van der Waals surface area contributed by atoms with Gasteiger partial charge in [0.15, 0.2) is 5.82 Å². The Bertz CT molecular complexity index is 612. The van der Waals surface area contributed by atoms with E-state index in [1.807, 2.05) is 6.07 Å². The Morgan fingerprint density at radius 3 is 2.55 bits per heavy atom. The molecule has 0 bridgehead atoms. The fourth-order valence-corrected chi connectivity index (χ4v) is 2.82. The third-order valence-corrected chi connectivity index (χ3v) is 4.37. The highest BCUT2D eigenvalue weighted by Crippen LogP contribution is 2.34. The molecule has 1 heterocycles. The van der Waals surface area contributed by atoms with Crippen LogP contribution in [0.4, 0.5) is 0 Å². The lowest BCUT2D eigenvalue weighted by Crippen LogP contribution is -2.39. The number of aryl methyl sites for hydroxylation is 2. The topological polar surface area (TPSA) is 64.9 Å². The van der Waals surface area contributed by atoms with Gasteiger partial charge in [-0.2, -0.15) is 4.98 Å². The number of aromatic nitrogens is 2. The molecule has 2 aromatic rings. The van der Waals surface area contributed by atoms with Crippen LogP contribution in [0.2, 0.25) is 0 Å². The molecular weight excluding hydrogens is 250 g/mol. The van der Waals surface area contributed by atoms with Crippen molar-refractivity contribution in [1.29, 1.82) is 0 Å². The van der Waals surface area contributed by atoms with E-state index < -0.39 is 5.54 Å². The van der Waals surface area contributed by atoms with E-state index >= 15 is 0 Å². The number of nitrogens with zero attached hydrogens (tertiary/aromatic N) is 2. The Morgan fingerprint density at radius 1 is 1.10 bits per heavy atom. The average molecular weight is 271 g/mol. The minimum absolute atomic E-state index is 0.403. The van der Waals surface area contributed by atoms with Gasteiger partial charge in [-0.15, -0.1) is 0 Å². The highest BCUT2D eigenvalue weighted by molar-refractivity contribution is 5.55. The first-order valence-corrected chi connectivity index (χ1v) is 7.29. The molecule has 0 unspecified atom stereocenters. The van der Waals surface area contributed by atoms with Crippen molar-refractivity contribution in [2.75, 3.05) is 0 Å². The van der Waals surface area contributed by atoms with Crippen molar-refractivity contribution in [2.24, 2.45) is 5.73 Å². The number of hydrogen-bond acceptors (Lipinski definition) is 4. The smallest absolute Gasteiger partial charge is 0.258 e. The highest BCUT2D eigenvalue weighted by Gasteiger charge is 2.34. The molecule has 0 spiro atoms. The van der Waals surface area contributed by atoms with Gasteiger partial charge in [0.25, 0.3) is 5.89 Å². The zero-order valence-electron chi connectivity index (χ0n) is 12.1. The van der Waals surface area contributed by atoms with E-state index in [1.54, 1.807) is 0 Å². The summed E-state index contributed by atoms with van der Waals surface area (Å²) in [7, 11) is 0. The van der Waals surface area contributed by atoms with Crippen molar-refractivity contribution >= 4 is 0 Å². The Hall–Kier alpha value is -1.68. The van der Waals surface area contributed by atoms with Gasteiger partial charge in [-0.25, -0.2) is 0 Å². The molecule has 3 rings (SSSR count). The summed E-state index contributed by atoms with van der Waals surface area (Å²) in [5, 5.41) is 4.13. The van der Waals surface area contributed by atoms with Crippen molar-refractivity contribution < 1.29 is 4.52 Å². The average Bonchev–Trinajstić information content (AvgIpc) is 2.93. The normalized spacial score (nSPS) is 18.1. The molecule has 106 valence electrons. The molecule has 0 atom stereocenters. The second kappa shape index (κ2) is 5.02. The number of nitrogens with two attached hydrogens (primary N) is 1. The van der Waals surface area contributed by atoms with Gasteiger partial charge < -0.3 is 10.3 Å². The molecule has 0 saturated heterocycles. The van der Waals surface area contributed by atoms with Crippen LogP contribution in [-0.2, 0) is 5.54 Å².